The summed E-state index contributed by atoms with van der Waals surface area (Å²) in [5.41, 5.74) is 0.818. The predicted molar refractivity (Wildman–Crippen MR) is 98.6 cm³/mol. The number of hydrogen-bond acceptors (Lipinski definition) is 3. The van der Waals surface area contributed by atoms with E-state index in [0.29, 0.717) is 18.6 Å². The van der Waals surface area contributed by atoms with Crippen LogP contribution in [0.1, 0.15) is 36.2 Å². The Morgan fingerprint density at radius 2 is 1.74 bits per heavy atom. The van der Waals surface area contributed by atoms with Gasteiger partial charge in [0.1, 0.15) is 0 Å². The first-order valence-corrected chi connectivity index (χ1v) is 8.85. The molecule has 0 aliphatic heterocycles. The average Bonchev–Trinajstić information content (AvgIpc) is 2.63. The first-order chi connectivity index (χ1) is 12.8. The van der Waals surface area contributed by atoms with Crippen LogP contribution in [0.3, 0.4) is 0 Å². The molecule has 0 unspecified atom stereocenters. The third-order valence-electron chi connectivity index (χ3n) is 3.98. The molecule has 1 amide bonds. The van der Waals surface area contributed by atoms with Crippen LogP contribution in [0.4, 0.5) is 8.78 Å². The Morgan fingerprint density at radius 3 is 2.41 bits per heavy atom. The first kappa shape index (κ1) is 20.8. The number of carbonyl (C=O) groups is 2. The molecule has 0 saturated carbocycles. The van der Waals surface area contributed by atoms with E-state index in [4.69, 9.17) is 16.3 Å². The van der Waals surface area contributed by atoms with Gasteiger partial charge in [0.15, 0.2) is 17.7 Å². The highest BCUT2D eigenvalue weighted by Gasteiger charge is 2.23. The summed E-state index contributed by atoms with van der Waals surface area (Å²) < 4.78 is 31.4. The van der Waals surface area contributed by atoms with Gasteiger partial charge in [0.2, 0.25) is 0 Å². The van der Waals surface area contributed by atoms with Crippen molar-refractivity contribution in [3.8, 4) is 0 Å². The van der Waals surface area contributed by atoms with Crippen LogP contribution < -0.4 is 5.32 Å². The average molecular weight is 396 g/mol. The molecular weight excluding hydrogens is 376 g/mol. The Balaban J connectivity index is 1.87. The molecule has 0 aromatic heterocycles. The van der Waals surface area contributed by atoms with Crippen LogP contribution in [0.25, 0.3) is 0 Å². The molecule has 0 radical (unpaired) electrons. The molecule has 2 aromatic rings. The number of halogens is 3. The van der Waals surface area contributed by atoms with E-state index in [1.807, 2.05) is 37.3 Å². The highest BCUT2D eigenvalue weighted by atomic mass is 35.5. The molecular formula is C20H20ClF2NO3. The lowest BCUT2D eigenvalue weighted by molar-refractivity contribution is -0.129. The number of carbonyl (C=O) groups excluding carboxylic acids is 2. The summed E-state index contributed by atoms with van der Waals surface area (Å²) in [7, 11) is 0. The molecule has 0 aliphatic carbocycles. The minimum absolute atomic E-state index is 0.134. The largest absolute Gasteiger partial charge is 0.449 e. The lowest BCUT2D eigenvalue weighted by Gasteiger charge is -2.18. The van der Waals surface area contributed by atoms with E-state index in [2.05, 4.69) is 5.32 Å². The molecule has 0 fully saturated rings. The summed E-state index contributed by atoms with van der Waals surface area (Å²) in [5.74, 6) is -3.88. The molecule has 0 aliphatic rings. The van der Waals surface area contributed by atoms with Gasteiger partial charge in [0.25, 0.3) is 5.91 Å². The Hall–Kier alpha value is -2.47. The van der Waals surface area contributed by atoms with Crippen molar-refractivity contribution >= 4 is 23.5 Å². The minimum atomic E-state index is -1.22. The smallest absolute Gasteiger partial charge is 0.340 e. The Bertz CT molecular complexity index is 814. The van der Waals surface area contributed by atoms with Crippen molar-refractivity contribution in [2.75, 3.05) is 0 Å². The molecule has 4 nitrogen and oxygen atoms in total. The second kappa shape index (κ2) is 9.46. The van der Waals surface area contributed by atoms with Crippen LogP contribution in [0.2, 0.25) is 5.02 Å². The lowest BCUT2D eigenvalue weighted by Crippen LogP contribution is -2.41. The second-order valence-corrected chi connectivity index (χ2v) is 6.63. The van der Waals surface area contributed by atoms with Gasteiger partial charge in [-0.25, -0.2) is 13.6 Å². The van der Waals surface area contributed by atoms with Crippen molar-refractivity contribution < 1.29 is 23.1 Å². The molecule has 144 valence electrons. The molecule has 2 aromatic carbocycles. The van der Waals surface area contributed by atoms with Crippen molar-refractivity contribution in [1.29, 1.82) is 0 Å². The van der Waals surface area contributed by atoms with E-state index in [9.17, 15) is 18.4 Å². The van der Waals surface area contributed by atoms with Gasteiger partial charge in [-0.1, -0.05) is 41.9 Å². The molecule has 1 N–H and O–H groups in total. The normalized spacial score (nSPS) is 12.9. The van der Waals surface area contributed by atoms with Crippen LogP contribution in [0.5, 0.6) is 0 Å². The number of hydrogen-bond donors (Lipinski definition) is 1. The van der Waals surface area contributed by atoms with Gasteiger partial charge in [0, 0.05) is 6.04 Å². The zero-order valence-electron chi connectivity index (χ0n) is 15.0. The van der Waals surface area contributed by atoms with E-state index in [1.165, 1.54) is 6.92 Å². The van der Waals surface area contributed by atoms with Gasteiger partial charge in [-0.05, 0) is 44.4 Å². The summed E-state index contributed by atoms with van der Waals surface area (Å²) in [4.78, 5) is 24.2. The number of rotatable bonds is 7. The third kappa shape index (κ3) is 6.03. The SMILES string of the molecule is C[C@H](CCc1ccccc1)NC(=O)[C@@H](C)OC(=O)c1cc(F)c(F)cc1Cl. The number of benzene rings is 2. The Kier molecular flexibility index (Phi) is 7.30. The standard InChI is InChI=1S/C20H20ClF2NO3/c1-12(8-9-14-6-4-3-5-7-14)24-19(25)13(2)27-20(26)15-10-17(22)18(23)11-16(15)21/h3-7,10-13H,8-9H2,1-2H3,(H,24,25)/t12-,13-/m1/s1. The second-order valence-electron chi connectivity index (χ2n) is 6.23. The van der Waals surface area contributed by atoms with Gasteiger partial charge in [-0.15, -0.1) is 0 Å². The fourth-order valence-corrected chi connectivity index (χ4v) is 2.64. The van der Waals surface area contributed by atoms with Gasteiger partial charge < -0.3 is 10.1 Å². The summed E-state index contributed by atoms with van der Waals surface area (Å²) in [6.07, 6.45) is 0.396. The number of nitrogens with one attached hydrogen (secondary N) is 1. The van der Waals surface area contributed by atoms with Crippen molar-refractivity contribution in [2.24, 2.45) is 0 Å². The Labute approximate surface area is 161 Å². The number of amides is 1. The highest BCUT2D eigenvalue weighted by molar-refractivity contribution is 6.33. The summed E-state index contributed by atoms with van der Waals surface area (Å²) in [6, 6.07) is 11.0. The quantitative estimate of drug-likeness (QED) is 0.561. The van der Waals surface area contributed by atoms with Crippen molar-refractivity contribution in [2.45, 2.75) is 38.8 Å². The first-order valence-electron chi connectivity index (χ1n) is 8.47. The summed E-state index contributed by atoms with van der Waals surface area (Å²) in [6.45, 7) is 3.24. The molecule has 0 spiro atoms. The maximum Gasteiger partial charge on any atom is 0.340 e. The van der Waals surface area contributed by atoms with Gasteiger partial charge in [-0.3, -0.25) is 4.79 Å². The summed E-state index contributed by atoms with van der Waals surface area (Å²) in [5, 5.41) is 2.47. The van der Waals surface area contributed by atoms with Gasteiger partial charge in [-0.2, -0.15) is 0 Å². The molecule has 27 heavy (non-hydrogen) atoms. The number of aryl methyl sites for hydroxylation is 1. The van der Waals surface area contributed by atoms with Crippen LogP contribution in [0.15, 0.2) is 42.5 Å². The van der Waals surface area contributed by atoms with Crippen molar-refractivity contribution in [1.82, 2.24) is 5.32 Å². The van der Waals surface area contributed by atoms with E-state index in [1.54, 1.807) is 0 Å². The maximum atomic E-state index is 13.3. The zero-order chi connectivity index (χ0) is 20.0. The predicted octanol–water partition coefficient (Wildman–Crippen LogP) is 4.30. The van der Waals surface area contributed by atoms with E-state index < -0.39 is 29.6 Å². The number of esters is 1. The minimum Gasteiger partial charge on any atom is -0.449 e. The molecule has 2 rings (SSSR count). The van der Waals surface area contributed by atoms with Crippen molar-refractivity contribution in [3.63, 3.8) is 0 Å². The molecule has 2 atom stereocenters. The van der Waals surface area contributed by atoms with Crippen LogP contribution in [0, 0.1) is 11.6 Å². The van der Waals surface area contributed by atoms with Crippen LogP contribution >= 0.6 is 11.6 Å². The fraction of sp³-hybridized carbons (Fsp3) is 0.300. The maximum absolute atomic E-state index is 13.3. The summed E-state index contributed by atoms with van der Waals surface area (Å²) >= 11 is 5.74. The number of ether oxygens (including phenoxy) is 1. The molecule has 0 bridgehead atoms. The van der Waals surface area contributed by atoms with Crippen LogP contribution in [-0.2, 0) is 16.0 Å². The van der Waals surface area contributed by atoms with Crippen LogP contribution in [-0.4, -0.2) is 24.0 Å². The monoisotopic (exact) mass is 395 g/mol. The van der Waals surface area contributed by atoms with Gasteiger partial charge in [0.05, 0.1) is 10.6 Å². The van der Waals surface area contributed by atoms with Gasteiger partial charge >= 0.3 is 5.97 Å². The Morgan fingerprint density at radius 1 is 1.11 bits per heavy atom. The molecule has 7 heteroatoms. The lowest BCUT2D eigenvalue weighted by atomic mass is 10.1. The topological polar surface area (TPSA) is 55.4 Å². The fourth-order valence-electron chi connectivity index (χ4n) is 2.42. The van der Waals surface area contributed by atoms with E-state index in [0.717, 1.165) is 12.0 Å². The highest BCUT2D eigenvalue weighted by Crippen LogP contribution is 2.21. The van der Waals surface area contributed by atoms with E-state index >= 15 is 0 Å². The molecule has 0 saturated heterocycles. The molecule has 0 heterocycles. The van der Waals surface area contributed by atoms with Crippen molar-refractivity contribution in [3.05, 3.63) is 70.2 Å². The third-order valence-corrected chi connectivity index (χ3v) is 4.29. The zero-order valence-corrected chi connectivity index (χ0v) is 15.7. The van der Waals surface area contributed by atoms with E-state index in [-0.39, 0.29) is 16.6 Å².